The molecule has 45 heavy (non-hydrogen) atoms. The maximum absolute atomic E-state index is 14.6. The van der Waals surface area contributed by atoms with Crippen molar-refractivity contribution < 1.29 is 24.2 Å². The lowest BCUT2D eigenvalue weighted by Gasteiger charge is -2.35. The van der Waals surface area contributed by atoms with E-state index < -0.39 is 29.7 Å². The fraction of sp³-hybridized carbons (Fsp3) is 0.324. The molecule has 3 amide bonds. The summed E-state index contributed by atoms with van der Waals surface area (Å²) in [5.74, 6) is -0.683. The van der Waals surface area contributed by atoms with Gasteiger partial charge in [-0.25, -0.2) is 4.79 Å². The lowest BCUT2D eigenvalue weighted by Crippen LogP contribution is -2.53. The van der Waals surface area contributed by atoms with E-state index in [0.29, 0.717) is 12.1 Å². The number of phenolic OH excluding ortho intramolecular Hbond substituents is 1. The number of benzene rings is 4. The normalized spacial score (nSPS) is 12.7. The number of ether oxygens (including phenoxy) is 1. The van der Waals surface area contributed by atoms with Crippen molar-refractivity contribution in [2.45, 2.75) is 72.1 Å². The van der Waals surface area contributed by atoms with Crippen LogP contribution in [0.25, 0.3) is 10.8 Å². The number of rotatable bonds is 10. The summed E-state index contributed by atoms with van der Waals surface area (Å²) in [5, 5.41) is 17.7. The lowest BCUT2D eigenvalue weighted by atomic mass is 9.93. The number of alkyl carbamates (subject to hydrolysis) is 1. The van der Waals surface area contributed by atoms with Crippen LogP contribution < -0.4 is 10.6 Å². The fourth-order valence-corrected chi connectivity index (χ4v) is 5.49. The number of aryl methyl sites for hydroxylation is 2. The van der Waals surface area contributed by atoms with Crippen LogP contribution in [0.15, 0.2) is 84.9 Å². The predicted molar refractivity (Wildman–Crippen MR) is 178 cm³/mol. The Labute approximate surface area is 265 Å². The molecule has 0 aliphatic heterocycles. The summed E-state index contributed by atoms with van der Waals surface area (Å²) in [6.45, 7) is 11.3. The van der Waals surface area contributed by atoms with Gasteiger partial charge in [0, 0.05) is 18.7 Å². The Morgan fingerprint density at radius 2 is 1.51 bits per heavy atom. The van der Waals surface area contributed by atoms with E-state index in [2.05, 4.69) is 10.6 Å². The fourth-order valence-electron chi connectivity index (χ4n) is 5.49. The molecule has 0 heterocycles. The molecule has 0 radical (unpaired) electrons. The van der Waals surface area contributed by atoms with Gasteiger partial charge in [-0.15, -0.1) is 0 Å². The average Bonchev–Trinajstić information content (AvgIpc) is 2.97. The van der Waals surface area contributed by atoms with Crippen LogP contribution in [0.5, 0.6) is 5.75 Å². The minimum Gasteiger partial charge on any atom is -0.508 e. The Bertz CT molecular complexity index is 1640. The smallest absolute Gasteiger partial charge is 0.408 e. The second kappa shape index (κ2) is 14.3. The molecule has 2 unspecified atom stereocenters. The summed E-state index contributed by atoms with van der Waals surface area (Å²) in [6.07, 6.45) is -0.0284. The maximum Gasteiger partial charge on any atom is 0.408 e. The maximum atomic E-state index is 14.6. The highest BCUT2D eigenvalue weighted by atomic mass is 16.6. The summed E-state index contributed by atoms with van der Waals surface area (Å²) < 4.78 is 5.52. The summed E-state index contributed by atoms with van der Waals surface area (Å²) >= 11 is 0. The van der Waals surface area contributed by atoms with Gasteiger partial charge >= 0.3 is 6.09 Å². The van der Waals surface area contributed by atoms with Crippen molar-refractivity contribution in [2.24, 2.45) is 0 Å². The molecule has 0 aliphatic rings. The Kier molecular flexibility index (Phi) is 10.5. The Hall–Kier alpha value is -4.85. The molecule has 0 spiro atoms. The number of anilines is 1. The third kappa shape index (κ3) is 8.62. The highest BCUT2D eigenvalue weighted by molar-refractivity contribution is 6.00. The van der Waals surface area contributed by atoms with E-state index in [1.54, 1.807) is 37.8 Å². The standard InChI is InChI=1S/C37H43N3O5/c1-7-21-40(35(43)31(39-36(44)45-37(4,5)6)22-26-15-19-30(41)20-16-26)33(32-24(2)11-10-12-25(32)3)34(42)38-29-18-17-27-13-8-9-14-28(27)23-29/h8-20,23,31,33,41H,7,21-22H2,1-6H3,(H,38,42)(H,39,44). The van der Waals surface area contributed by atoms with Crippen LogP contribution >= 0.6 is 0 Å². The number of amides is 3. The first-order valence-electron chi connectivity index (χ1n) is 15.3. The van der Waals surface area contributed by atoms with Crippen molar-refractivity contribution in [3.8, 4) is 5.75 Å². The van der Waals surface area contributed by atoms with E-state index in [4.69, 9.17) is 4.74 Å². The summed E-state index contributed by atoms with van der Waals surface area (Å²) in [5.41, 5.74) is 3.04. The second-order valence-corrected chi connectivity index (χ2v) is 12.4. The number of nitrogens with one attached hydrogen (secondary N) is 2. The Balaban J connectivity index is 1.76. The molecule has 8 heteroatoms. The van der Waals surface area contributed by atoms with E-state index in [1.807, 2.05) is 81.4 Å². The highest BCUT2D eigenvalue weighted by Gasteiger charge is 2.37. The first-order valence-corrected chi connectivity index (χ1v) is 15.3. The number of carbonyl (C=O) groups excluding carboxylic acids is 3. The molecule has 0 bridgehead atoms. The predicted octanol–water partition coefficient (Wildman–Crippen LogP) is 7.22. The van der Waals surface area contributed by atoms with Gasteiger partial charge in [-0.3, -0.25) is 9.59 Å². The van der Waals surface area contributed by atoms with Crippen LogP contribution in [0, 0.1) is 13.8 Å². The van der Waals surface area contributed by atoms with Crippen LogP contribution in [-0.4, -0.2) is 46.1 Å². The van der Waals surface area contributed by atoms with Gasteiger partial charge in [0.1, 0.15) is 23.4 Å². The van der Waals surface area contributed by atoms with E-state index in [-0.39, 0.29) is 24.6 Å². The number of phenols is 1. The van der Waals surface area contributed by atoms with Gasteiger partial charge in [-0.05, 0) is 98.3 Å². The Morgan fingerprint density at radius 3 is 2.13 bits per heavy atom. The number of fused-ring (bicyclic) bond motifs is 1. The average molecular weight is 610 g/mol. The minimum absolute atomic E-state index is 0.0924. The molecular formula is C37H43N3O5. The van der Waals surface area contributed by atoms with Gasteiger partial charge in [0.25, 0.3) is 5.91 Å². The number of nitrogens with zero attached hydrogens (tertiary/aromatic N) is 1. The number of hydrogen-bond acceptors (Lipinski definition) is 5. The van der Waals surface area contributed by atoms with Crippen LogP contribution in [0.1, 0.15) is 62.4 Å². The summed E-state index contributed by atoms with van der Waals surface area (Å²) in [4.78, 5) is 43.5. The zero-order valence-electron chi connectivity index (χ0n) is 26.9. The van der Waals surface area contributed by atoms with E-state index in [9.17, 15) is 19.5 Å². The van der Waals surface area contributed by atoms with Gasteiger partial charge in [0.2, 0.25) is 5.91 Å². The van der Waals surface area contributed by atoms with Gasteiger partial charge in [0.05, 0.1) is 0 Å². The molecule has 2 atom stereocenters. The molecule has 0 saturated heterocycles. The molecule has 0 fully saturated rings. The molecule has 4 rings (SSSR count). The minimum atomic E-state index is -1.05. The van der Waals surface area contributed by atoms with Crippen molar-refractivity contribution in [2.75, 3.05) is 11.9 Å². The zero-order valence-corrected chi connectivity index (χ0v) is 26.9. The van der Waals surface area contributed by atoms with Crippen molar-refractivity contribution in [1.82, 2.24) is 10.2 Å². The third-order valence-corrected chi connectivity index (χ3v) is 7.51. The lowest BCUT2D eigenvalue weighted by molar-refractivity contribution is -0.140. The quantitative estimate of drug-likeness (QED) is 0.176. The number of carbonyl (C=O) groups is 3. The van der Waals surface area contributed by atoms with Crippen molar-refractivity contribution in [1.29, 1.82) is 0 Å². The molecule has 4 aromatic rings. The molecule has 3 N–H and O–H groups in total. The number of hydrogen-bond donors (Lipinski definition) is 3. The molecule has 0 aromatic heterocycles. The largest absolute Gasteiger partial charge is 0.508 e. The van der Waals surface area contributed by atoms with E-state index in [0.717, 1.165) is 33.0 Å². The molecule has 8 nitrogen and oxygen atoms in total. The van der Waals surface area contributed by atoms with Gasteiger partial charge in [0.15, 0.2) is 0 Å². The second-order valence-electron chi connectivity index (χ2n) is 12.4. The van der Waals surface area contributed by atoms with E-state index in [1.165, 1.54) is 12.1 Å². The molecule has 236 valence electrons. The van der Waals surface area contributed by atoms with Crippen molar-refractivity contribution >= 4 is 34.4 Å². The molecule has 4 aromatic carbocycles. The molecule has 0 aliphatic carbocycles. The molecular weight excluding hydrogens is 566 g/mol. The monoisotopic (exact) mass is 609 g/mol. The summed E-state index contributed by atoms with van der Waals surface area (Å²) in [7, 11) is 0. The topological polar surface area (TPSA) is 108 Å². The SMILES string of the molecule is CCCN(C(=O)C(Cc1ccc(O)cc1)NC(=O)OC(C)(C)C)C(C(=O)Nc1ccc2ccccc2c1)c1c(C)cccc1C. The first-order chi connectivity index (χ1) is 21.4. The van der Waals surface area contributed by atoms with Crippen molar-refractivity contribution in [3.63, 3.8) is 0 Å². The third-order valence-electron chi connectivity index (χ3n) is 7.51. The first kappa shape index (κ1) is 33.1. The van der Waals surface area contributed by atoms with Gasteiger partial charge in [-0.1, -0.05) is 67.6 Å². The molecule has 0 saturated carbocycles. The number of aromatic hydroxyl groups is 1. The van der Waals surface area contributed by atoms with Crippen LogP contribution in [0.4, 0.5) is 10.5 Å². The van der Waals surface area contributed by atoms with Gasteiger partial charge in [-0.2, -0.15) is 0 Å². The van der Waals surface area contributed by atoms with E-state index >= 15 is 0 Å². The Morgan fingerprint density at radius 1 is 0.867 bits per heavy atom. The van der Waals surface area contributed by atoms with Gasteiger partial charge < -0.3 is 25.4 Å². The van der Waals surface area contributed by atoms with Crippen LogP contribution in [-0.2, 0) is 20.7 Å². The van der Waals surface area contributed by atoms with Crippen molar-refractivity contribution in [3.05, 3.63) is 107 Å². The zero-order chi connectivity index (χ0) is 32.7. The summed E-state index contributed by atoms with van der Waals surface area (Å²) in [6, 6.07) is 23.8. The van der Waals surface area contributed by atoms with Crippen LogP contribution in [0.2, 0.25) is 0 Å². The highest BCUT2D eigenvalue weighted by Crippen LogP contribution is 2.31. The van der Waals surface area contributed by atoms with Crippen LogP contribution in [0.3, 0.4) is 0 Å².